The van der Waals surface area contributed by atoms with Crippen LogP contribution >= 0.6 is 24.0 Å². The van der Waals surface area contributed by atoms with E-state index in [1.165, 1.54) is 18.2 Å². The zero-order valence-corrected chi connectivity index (χ0v) is 18.1. The second kappa shape index (κ2) is 9.86. The monoisotopic (exact) mass is 491 g/mol. The summed E-state index contributed by atoms with van der Waals surface area (Å²) in [7, 11) is 0.289. The maximum atomic E-state index is 14.0. The third-order valence-electron chi connectivity index (χ3n) is 3.56. The zero-order chi connectivity index (χ0) is 18.4. The van der Waals surface area contributed by atoms with Crippen LogP contribution in [-0.4, -0.2) is 39.6 Å². The summed E-state index contributed by atoms with van der Waals surface area (Å²) in [6, 6.07) is 13.6. The molecule has 0 spiro atoms. The Balaban J connectivity index is 0.00000338. The fourth-order valence-corrected chi connectivity index (χ4v) is 2.87. The lowest BCUT2D eigenvalue weighted by atomic mass is 10.2. The first-order valence-corrected chi connectivity index (χ1v) is 9.64. The number of rotatable bonds is 5. The molecular formula is C18H23FIN3O2S. The van der Waals surface area contributed by atoms with Crippen molar-refractivity contribution in [2.24, 2.45) is 4.99 Å². The zero-order valence-electron chi connectivity index (χ0n) is 14.9. The number of halogens is 2. The third-order valence-corrected chi connectivity index (χ3v) is 4.67. The van der Waals surface area contributed by atoms with E-state index in [-0.39, 0.29) is 41.0 Å². The van der Waals surface area contributed by atoms with Gasteiger partial charge in [0.2, 0.25) is 0 Å². The Morgan fingerprint density at radius 2 is 1.81 bits per heavy atom. The highest BCUT2D eigenvalue weighted by Crippen LogP contribution is 2.15. The van der Waals surface area contributed by atoms with Crippen LogP contribution in [0.1, 0.15) is 11.1 Å². The van der Waals surface area contributed by atoms with Crippen molar-refractivity contribution in [3.8, 4) is 0 Å². The number of aliphatic imine (C=N–C) groups is 1. The van der Waals surface area contributed by atoms with Gasteiger partial charge in [-0.05, 0) is 23.8 Å². The van der Waals surface area contributed by atoms with Crippen LogP contribution in [-0.2, 0) is 22.9 Å². The van der Waals surface area contributed by atoms with Crippen LogP contribution < -0.4 is 5.32 Å². The van der Waals surface area contributed by atoms with Crippen molar-refractivity contribution < 1.29 is 12.8 Å². The van der Waals surface area contributed by atoms with E-state index in [1.807, 2.05) is 44.4 Å². The maximum absolute atomic E-state index is 14.0. The van der Waals surface area contributed by atoms with Crippen molar-refractivity contribution in [3.63, 3.8) is 0 Å². The lowest BCUT2D eigenvalue weighted by molar-refractivity contribution is 0.566. The molecule has 1 N–H and O–H groups in total. The molecule has 0 saturated carbocycles. The van der Waals surface area contributed by atoms with Crippen LogP contribution in [0.5, 0.6) is 0 Å². The first-order valence-electron chi connectivity index (χ1n) is 7.75. The number of nitrogens with zero attached hydrogens (tertiary/aromatic N) is 2. The molecule has 0 unspecified atom stereocenters. The fraction of sp³-hybridized carbons (Fsp3) is 0.278. The number of nitrogens with one attached hydrogen (secondary N) is 1. The fourth-order valence-electron chi connectivity index (χ4n) is 2.20. The Hall–Kier alpha value is -1.68. The molecule has 142 valence electrons. The van der Waals surface area contributed by atoms with Gasteiger partial charge in [-0.2, -0.15) is 0 Å². The van der Waals surface area contributed by atoms with E-state index in [2.05, 4.69) is 10.3 Å². The first-order chi connectivity index (χ1) is 11.8. The maximum Gasteiger partial charge on any atom is 0.194 e. The molecule has 0 atom stereocenters. The van der Waals surface area contributed by atoms with Gasteiger partial charge in [0.15, 0.2) is 15.8 Å². The number of benzene rings is 2. The van der Waals surface area contributed by atoms with Gasteiger partial charge in [0.05, 0.1) is 11.4 Å². The Labute approximate surface area is 171 Å². The average Bonchev–Trinajstić information content (AvgIpc) is 2.55. The summed E-state index contributed by atoms with van der Waals surface area (Å²) in [6.07, 6.45) is 1.10. The van der Waals surface area contributed by atoms with Gasteiger partial charge in [0.25, 0.3) is 0 Å². The molecule has 0 bridgehead atoms. The van der Waals surface area contributed by atoms with Gasteiger partial charge in [0, 0.05) is 32.5 Å². The minimum Gasteiger partial charge on any atom is -0.352 e. The minimum absolute atomic E-state index is 0. The molecule has 8 heteroatoms. The molecule has 26 heavy (non-hydrogen) atoms. The van der Waals surface area contributed by atoms with Crippen molar-refractivity contribution in [1.29, 1.82) is 0 Å². The summed E-state index contributed by atoms with van der Waals surface area (Å²) in [6.45, 7) is 0.633. The molecule has 0 fully saturated rings. The second-order valence-electron chi connectivity index (χ2n) is 5.90. The van der Waals surface area contributed by atoms with Gasteiger partial charge in [0.1, 0.15) is 5.82 Å². The highest BCUT2D eigenvalue weighted by molar-refractivity contribution is 14.0. The van der Waals surface area contributed by atoms with E-state index < -0.39 is 15.7 Å². The third kappa shape index (κ3) is 6.56. The summed E-state index contributed by atoms with van der Waals surface area (Å²) in [5.41, 5.74) is 1.34. The molecule has 2 aromatic rings. The second-order valence-corrected chi connectivity index (χ2v) is 7.91. The lowest BCUT2D eigenvalue weighted by Gasteiger charge is -2.18. The van der Waals surface area contributed by atoms with Crippen LogP contribution in [0.25, 0.3) is 0 Å². The molecule has 0 radical (unpaired) electrons. The van der Waals surface area contributed by atoms with Crippen LogP contribution in [0.4, 0.5) is 4.39 Å². The normalized spacial score (nSPS) is 11.6. The van der Waals surface area contributed by atoms with Crippen molar-refractivity contribution in [2.75, 3.05) is 20.4 Å². The van der Waals surface area contributed by atoms with Crippen molar-refractivity contribution >= 4 is 39.8 Å². The Morgan fingerprint density at radius 3 is 2.38 bits per heavy atom. The molecule has 0 aliphatic carbocycles. The average molecular weight is 491 g/mol. The first kappa shape index (κ1) is 22.4. The molecule has 0 aromatic heterocycles. The predicted octanol–water partition coefficient (Wildman–Crippen LogP) is 3.05. The minimum atomic E-state index is -3.38. The van der Waals surface area contributed by atoms with Gasteiger partial charge in [-0.1, -0.05) is 30.3 Å². The molecule has 0 amide bonds. The van der Waals surface area contributed by atoms with Crippen molar-refractivity contribution in [2.45, 2.75) is 18.0 Å². The number of hydrogen-bond acceptors (Lipinski definition) is 3. The van der Waals surface area contributed by atoms with Gasteiger partial charge in [-0.3, -0.25) is 0 Å². The van der Waals surface area contributed by atoms with Gasteiger partial charge in [-0.25, -0.2) is 17.8 Å². The van der Waals surface area contributed by atoms with Gasteiger partial charge in [-0.15, -0.1) is 24.0 Å². The summed E-state index contributed by atoms with van der Waals surface area (Å²) in [5, 5.41) is 3.07. The highest BCUT2D eigenvalue weighted by atomic mass is 127. The Bertz CT molecular complexity index is 856. The molecule has 2 aromatic carbocycles. The summed E-state index contributed by atoms with van der Waals surface area (Å²) < 4.78 is 37.2. The van der Waals surface area contributed by atoms with E-state index in [0.29, 0.717) is 12.5 Å². The molecule has 5 nitrogen and oxygen atoms in total. The van der Waals surface area contributed by atoms with Crippen LogP contribution in [0, 0.1) is 5.82 Å². The van der Waals surface area contributed by atoms with Crippen LogP contribution in [0.3, 0.4) is 0 Å². The predicted molar refractivity (Wildman–Crippen MR) is 113 cm³/mol. The van der Waals surface area contributed by atoms with Crippen molar-refractivity contribution in [1.82, 2.24) is 10.2 Å². The molecule has 0 aliphatic rings. The van der Waals surface area contributed by atoms with Gasteiger partial charge < -0.3 is 10.2 Å². The summed E-state index contributed by atoms with van der Waals surface area (Å²) >= 11 is 0. The Morgan fingerprint density at radius 1 is 1.15 bits per heavy atom. The lowest BCUT2D eigenvalue weighted by Crippen LogP contribution is -2.36. The number of guanidine groups is 1. The smallest absolute Gasteiger partial charge is 0.194 e. The number of sulfone groups is 1. The van der Waals surface area contributed by atoms with Crippen LogP contribution in [0.2, 0.25) is 0 Å². The molecule has 0 heterocycles. The molecule has 0 saturated heterocycles. The highest BCUT2D eigenvalue weighted by Gasteiger charge is 2.12. The van der Waals surface area contributed by atoms with E-state index in [4.69, 9.17) is 0 Å². The van der Waals surface area contributed by atoms with E-state index in [0.717, 1.165) is 11.8 Å². The topological polar surface area (TPSA) is 61.8 Å². The Kier molecular flexibility index (Phi) is 8.48. The van der Waals surface area contributed by atoms with Gasteiger partial charge >= 0.3 is 0 Å². The molecule has 0 aliphatic heterocycles. The summed E-state index contributed by atoms with van der Waals surface area (Å²) in [4.78, 5) is 6.39. The van der Waals surface area contributed by atoms with E-state index >= 15 is 0 Å². The number of hydrogen-bond donors (Lipinski definition) is 1. The van der Waals surface area contributed by atoms with Crippen LogP contribution in [0.15, 0.2) is 58.4 Å². The standard InChI is InChI=1S/C18H22FN3O2S.HI/c1-22(2)18(20-12-14-7-5-4-6-8-14)21-13-15-11-16(25(3,23)24)9-10-17(15)19;/h4-11H,12-13H2,1-3H3,(H,20,21);1H. The van der Waals surface area contributed by atoms with Crippen molar-refractivity contribution in [3.05, 3.63) is 65.5 Å². The molecular weight excluding hydrogens is 468 g/mol. The SMILES string of the molecule is CN(C)C(=NCc1ccccc1)NCc1cc(S(C)(=O)=O)ccc1F.I. The quantitative estimate of drug-likeness (QED) is 0.303. The van der Waals surface area contributed by atoms with E-state index in [9.17, 15) is 12.8 Å². The largest absolute Gasteiger partial charge is 0.352 e. The van der Waals surface area contributed by atoms with E-state index in [1.54, 1.807) is 4.90 Å². The summed E-state index contributed by atoms with van der Waals surface area (Å²) in [5.74, 6) is 0.133. The molecule has 2 rings (SSSR count).